The van der Waals surface area contributed by atoms with E-state index in [0.29, 0.717) is 18.9 Å². The van der Waals surface area contributed by atoms with Gasteiger partial charge in [-0.3, -0.25) is 9.59 Å². The van der Waals surface area contributed by atoms with Crippen LogP contribution >= 0.6 is 0 Å². The van der Waals surface area contributed by atoms with Gasteiger partial charge in [-0.1, -0.05) is 17.7 Å². The molecule has 1 unspecified atom stereocenters. The van der Waals surface area contributed by atoms with Crippen LogP contribution in [0.15, 0.2) is 24.3 Å². The molecule has 0 radical (unpaired) electrons. The standard InChI is InChI=1S/C16H21NO3/c1-12-4-2-6-14(10-12)16(20)17-9-3-5-13(11-17)7-8-15(18)19/h2,4,6,10,13H,3,5,7-9,11H2,1H3,(H,18,19). The summed E-state index contributed by atoms with van der Waals surface area (Å²) in [4.78, 5) is 24.9. The second kappa shape index (κ2) is 6.55. The summed E-state index contributed by atoms with van der Waals surface area (Å²) in [6.07, 6.45) is 2.83. The summed E-state index contributed by atoms with van der Waals surface area (Å²) in [5.41, 5.74) is 1.80. The lowest BCUT2D eigenvalue weighted by Gasteiger charge is -2.32. The Morgan fingerprint density at radius 1 is 1.40 bits per heavy atom. The highest BCUT2D eigenvalue weighted by Gasteiger charge is 2.24. The first-order chi connectivity index (χ1) is 9.56. The minimum atomic E-state index is -0.757. The molecule has 108 valence electrons. The number of carbonyl (C=O) groups is 2. The molecule has 20 heavy (non-hydrogen) atoms. The van der Waals surface area contributed by atoms with Gasteiger partial charge in [-0.15, -0.1) is 0 Å². The van der Waals surface area contributed by atoms with Crippen molar-refractivity contribution in [2.75, 3.05) is 13.1 Å². The highest BCUT2D eigenvalue weighted by atomic mass is 16.4. The Kier molecular flexibility index (Phi) is 4.77. The number of rotatable bonds is 4. The summed E-state index contributed by atoms with van der Waals surface area (Å²) < 4.78 is 0. The van der Waals surface area contributed by atoms with E-state index in [1.54, 1.807) is 0 Å². The van der Waals surface area contributed by atoms with Crippen LogP contribution in [0.4, 0.5) is 0 Å². The molecule has 1 amide bonds. The topological polar surface area (TPSA) is 57.6 Å². The van der Waals surface area contributed by atoms with Gasteiger partial charge >= 0.3 is 5.97 Å². The number of aliphatic carboxylic acids is 1. The number of carboxylic acids is 1. The number of nitrogens with zero attached hydrogens (tertiary/aromatic N) is 1. The van der Waals surface area contributed by atoms with E-state index < -0.39 is 5.97 Å². The zero-order valence-electron chi connectivity index (χ0n) is 11.8. The fourth-order valence-electron chi connectivity index (χ4n) is 2.77. The number of carbonyl (C=O) groups excluding carboxylic acids is 1. The largest absolute Gasteiger partial charge is 0.481 e. The monoisotopic (exact) mass is 275 g/mol. The molecule has 0 aliphatic carbocycles. The fraction of sp³-hybridized carbons (Fsp3) is 0.500. The summed E-state index contributed by atoms with van der Waals surface area (Å²) in [6, 6.07) is 7.62. The summed E-state index contributed by atoms with van der Waals surface area (Å²) >= 11 is 0. The number of hydrogen-bond donors (Lipinski definition) is 1. The van der Waals surface area contributed by atoms with Crippen LogP contribution < -0.4 is 0 Å². The zero-order chi connectivity index (χ0) is 14.5. The predicted molar refractivity (Wildman–Crippen MR) is 76.7 cm³/mol. The van der Waals surface area contributed by atoms with E-state index in [1.165, 1.54) is 0 Å². The van der Waals surface area contributed by atoms with Crippen LogP contribution in [-0.4, -0.2) is 35.0 Å². The van der Waals surface area contributed by atoms with Gasteiger partial charge in [0.05, 0.1) is 0 Å². The minimum absolute atomic E-state index is 0.0636. The van der Waals surface area contributed by atoms with Crippen LogP contribution in [0.5, 0.6) is 0 Å². The highest BCUT2D eigenvalue weighted by molar-refractivity contribution is 5.94. The van der Waals surface area contributed by atoms with E-state index in [4.69, 9.17) is 5.11 Å². The van der Waals surface area contributed by atoms with Crippen LogP contribution in [0.25, 0.3) is 0 Å². The van der Waals surface area contributed by atoms with Crippen LogP contribution in [0.2, 0.25) is 0 Å². The molecule has 1 aromatic carbocycles. The maximum atomic E-state index is 12.4. The van der Waals surface area contributed by atoms with Gasteiger partial charge in [-0.2, -0.15) is 0 Å². The molecule has 4 heteroatoms. The van der Waals surface area contributed by atoms with E-state index in [-0.39, 0.29) is 12.3 Å². The Morgan fingerprint density at radius 3 is 2.90 bits per heavy atom. The number of aryl methyl sites for hydroxylation is 1. The van der Waals surface area contributed by atoms with E-state index in [0.717, 1.165) is 30.5 Å². The Balaban J connectivity index is 1.98. The summed E-state index contributed by atoms with van der Waals surface area (Å²) in [5, 5.41) is 8.75. The van der Waals surface area contributed by atoms with E-state index in [1.807, 2.05) is 36.1 Å². The number of amides is 1. The molecular formula is C16H21NO3. The summed E-state index contributed by atoms with van der Waals surface area (Å²) in [6.45, 7) is 3.43. The molecule has 0 saturated carbocycles. The zero-order valence-corrected chi connectivity index (χ0v) is 11.8. The molecule has 1 heterocycles. The van der Waals surface area contributed by atoms with Crippen molar-refractivity contribution < 1.29 is 14.7 Å². The Hall–Kier alpha value is -1.84. The van der Waals surface area contributed by atoms with Crippen molar-refractivity contribution in [2.45, 2.75) is 32.6 Å². The van der Waals surface area contributed by atoms with Crippen molar-refractivity contribution in [1.82, 2.24) is 4.90 Å². The van der Waals surface area contributed by atoms with Crippen molar-refractivity contribution in [2.24, 2.45) is 5.92 Å². The van der Waals surface area contributed by atoms with Gasteiger partial charge in [0.15, 0.2) is 0 Å². The molecule has 1 aliphatic heterocycles. The molecule has 2 rings (SSSR count). The number of likely N-dealkylation sites (tertiary alicyclic amines) is 1. The van der Waals surface area contributed by atoms with E-state index in [2.05, 4.69) is 0 Å². The normalized spacial score (nSPS) is 18.9. The third kappa shape index (κ3) is 3.83. The first kappa shape index (κ1) is 14.6. The van der Waals surface area contributed by atoms with Crippen molar-refractivity contribution >= 4 is 11.9 Å². The minimum Gasteiger partial charge on any atom is -0.481 e. The van der Waals surface area contributed by atoms with Crippen molar-refractivity contribution in [1.29, 1.82) is 0 Å². The van der Waals surface area contributed by atoms with Gasteiger partial charge in [0, 0.05) is 25.1 Å². The molecule has 1 N–H and O–H groups in total. The number of benzene rings is 1. The van der Waals surface area contributed by atoms with Gasteiger partial charge in [0.2, 0.25) is 0 Å². The first-order valence-electron chi connectivity index (χ1n) is 7.14. The Bertz CT molecular complexity index is 498. The van der Waals surface area contributed by atoms with Gasteiger partial charge in [0.1, 0.15) is 0 Å². The van der Waals surface area contributed by atoms with Gasteiger partial charge in [-0.25, -0.2) is 0 Å². The van der Waals surface area contributed by atoms with E-state index >= 15 is 0 Å². The quantitative estimate of drug-likeness (QED) is 0.919. The van der Waals surface area contributed by atoms with Gasteiger partial charge in [0.25, 0.3) is 5.91 Å². The average Bonchev–Trinajstić information content (AvgIpc) is 2.44. The maximum Gasteiger partial charge on any atom is 0.303 e. The molecule has 1 atom stereocenters. The second-order valence-corrected chi connectivity index (χ2v) is 5.56. The fourth-order valence-corrected chi connectivity index (χ4v) is 2.77. The molecule has 1 saturated heterocycles. The van der Waals surface area contributed by atoms with Gasteiger partial charge in [-0.05, 0) is 44.2 Å². The molecule has 0 bridgehead atoms. The van der Waals surface area contributed by atoms with Crippen LogP contribution in [0.1, 0.15) is 41.6 Å². The molecule has 0 spiro atoms. The van der Waals surface area contributed by atoms with Crippen molar-refractivity contribution in [3.05, 3.63) is 35.4 Å². The number of carboxylic acid groups (broad SMARTS) is 1. The number of hydrogen-bond acceptors (Lipinski definition) is 2. The average molecular weight is 275 g/mol. The molecule has 1 fully saturated rings. The first-order valence-corrected chi connectivity index (χ1v) is 7.14. The third-order valence-electron chi connectivity index (χ3n) is 3.84. The van der Waals surface area contributed by atoms with Gasteiger partial charge < -0.3 is 10.0 Å². The predicted octanol–water partition coefficient (Wildman–Crippen LogP) is 2.71. The van der Waals surface area contributed by atoms with Crippen LogP contribution in [-0.2, 0) is 4.79 Å². The smallest absolute Gasteiger partial charge is 0.303 e. The molecule has 1 aromatic rings. The Morgan fingerprint density at radius 2 is 2.20 bits per heavy atom. The molecule has 0 aromatic heterocycles. The molecular weight excluding hydrogens is 254 g/mol. The summed E-state index contributed by atoms with van der Waals surface area (Å²) in [5.74, 6) is -0.380. The number of piperidine rings is 1. The van der Waals surface area contributed by atoms with Crippen molar-refractivity contribution in [3.63, 3.8) is 0 Å². The lowest BCUT2D eigenvalue weighted by Crippen LogP contribution is -2.40. The second-order valence-electron chi connectivity index (χ2n) is 5.56. The lowest BCUT2D eigenvalue weighted by atomic mass is 9.93. The SMILES string of the molecule is Cc1cccc(C(=O)N2CCCC(CCC(=O)O)C2)c1. The van der Waals surface area contributed by atoms with E-state index in [9.17, 15) is 9.59 Å². The molecule has 4 nitrogen and oxygen atoms in total. The van der Waals surface area contributed by atoms with Crippen LogP contribution in [0.3, 0.4) is 0 Å². The van der Waals surface area contributed by atoms with Crippen LogP contribution in [0, 0.1) is 12.8 Å². The Labute approximate surface area is 119 Å². The molecule has 1 aliphatic rings. The highest BCUT2D eigenvalue weighted by Crippen LogP contribution is 2.22. The third-order valence-corrected chi connectivity index (χ3v) is 3.84. The van der Waals surface area contributed by atoms with Crippen molar-refractivity contribution in [3.8, 4) is 0 Å². The lowest BCUT2D eigenvalue weighted by molar-refractivity contribution is -0.137. The summed E-state index contributed by atoms with van der Waals surface area (Å²) in [7, 11) is 0. The maximum absolute atomic E-state index is 12.4.